The van der Waals surface area contributed by atoms with E-state index >= 15 is 0 Å². The quantitative estimate of drug-likeness (QED) is 0.713. The number of nitrogens with zero attached hydrogens (tertiary/aromatic N) is 1. The zero-order chi connectivity index (χ0) is 11.5. The molecule has 0 aromatic heterocycles. The number of carbonyl (C=O) groups excluding carboxylic acids is 2. The third-order valence-corrected chi connectivity index (χ3v) is 3.66. The number of likely N-dealkylation sites (tertiary alicyclic amines) is 1. The van der Waals surface area contributed by atoms with Crippen LogP contribution in [0, 0.1) is 0 Å². The first-order chi connectivity index (χ1) is 7.70. The minimum Gasteiger partial charge on any atom is -0.312 e. The van der Waals surface area contributed by atoms with Crippen LogP contribution in [0.3, 0.4) is 0 Å². The van der Waals surface area contributed by atoms with Crippen molar-refractivity contribution in [3.05, 3.63) is 0 Å². The second-order valence-corrected chi connectivity index (χ2v) is 4.81. The molecular formula is C12H20N2O2. The SMILES string of the molecule is CC(C1CCCCN1)N1C(=O)CCCC1=O. The molecule has 16 heavy (non-hydrogen) atoms. The van der Waals surface area contributed by atoms with Gasteiger partial charge < -0.3 is 5.32 Å². The minimum absolute atomic E-state index is 0.0103. The van der Waals surface area contributed by atoms with Gasteiger partial charge in [-0.2, -0.15) is 0 Å². The Balaban J connectivity index is 2.03. The predicted molar refractivity (Wildman–Crippen MR) is 60.8 cm³/mol. The van der Waals surface area contributed by atoms with Crippen LogP contribution in [0.5, 0.6) is 0 Å². The van der Waals surface area contributed by atoms with Crippen LogP contribution in [0.4, 0.5) is 0 Å². The molecule has 0 spiro atoms. The average Bonchev–Trinajstić information content (AvgIpc) is 2.30. The van der Waals surface area contributed by atoms with Gasteiger partial charge in [0.1, 0.15) is 0 Å². The van der Waals surface area contributed by atoms with E-state index in [4.69, 9.17) is 0 Å². The third-order valence-electron chi connectivity index (χ3n) is 3.66. The van der Waals surface area contributed by atoms with Crippen molar-refractivity contribution >= 4 is 11.8 Å². The summed E-state index contributed by atoms with van der Waals surface area (Å²) in [6, 6.07) is 0.306. The fourth-order valence-corrected chi connectivity index (χ4v) is 2.70. The van der Waals surface area contributed by atoms with Crippen LogP contribution in [0.1, 0.15) is 45.4 Å². The van der Waals surface area contributed by atoms with Crippen molar-refractivity contribution in [3.63, 3.8) is 0 Å². The van der Waals surface area contributed by atoms with Gasteiger partial charge in [0, 0.05) is 18.9 Å². The minimum atomic E-state index is 0.0103. The van der Waals surface area contributed by atoms with Crippen LogP contribution < -0.4 is 5.32 Å². The summed E-state index contributed by atoms with van der Waals surface area (Å²) in [4.78, 5) is 25.0. The van der Waals surface area contributed by atoms with Crippen molar-refractivity contribution < 1.29 is 9.59 Å². The Morgan fingerprint density at radius 2 is 1.88 bits per heavy atom. The maximum Gasteiger partial charge on any atom is 0.229 e. The Kier molecular flexibility index (Phi) is 3.59. The molecule has 2 aliphatic heterocycles. The number of carbonyl (C=O) groups is 2. The van der Waals surface area contributed by atoms with E-state index in [9.17, 15) is 9.59 Å². The summed E-state index contributed by atoms with van der Waals surface area (Å²) in [6.45, 7) is 3.00. The second kappa shape index (κ2) is 4.95. The lowest BCUT2D eigenvalue weighted by atomic mass is 9.96. The van der Waals surface area contributed by atoms with E-state index in [-0.39, 0.29) is 17.9 Å². The summed E-state index contributed by atoms with van der Waals surface area (Å²) in [5.74, 6) is 0.0206. The molecule has 2 fully saturated rings. The van der Waals surface area contributed by atoms with Gasteiger partial charge in [0.05, 0.1) is 6.04 Å². The van der Waals surface area contributed by atoms with E-state index in [1.807, 2.05) is 6.92 Å². The summed E-state index contributed by atoms with van der Waals surface area (Å²) in [5.41, 5.74) is 0. The van der Waals surface area contributed by atoms with Crippen LogP contribution in [-0.2, 0) is 9.59 Å². The molecule has 0 radical (unpaired) electrons. The van der Waals surface area contributed by atoms with Gasteiger partial charge in [-0.15, -0.1) is 0 Å². The molecule has 0 saturated carbocycles. The van der Waals surface area contributed by atoms with E-state index in [0.29, 0.717) is 18.9 Å². The Hall–Kier alpha value is -0.900. The van der Waals surface area contributed by atoms with Crippen molar-refractivity contribution in [2.24, 2.45) is 0 Å². The predicted octanol–water partition coefficient (Wildman–Crippen LogP) is 1.06. The molecule has 2 unspecified atom stereocenters. The van der Waals surface area contributed by atoms with Crippen molar-refractivity contribution in [2.75, 3.05) is 6.54 Å². The summed E-state index contributed by atoms with van der Waals surface area (Å²) in [6.07, 6.45) is 5.24. The summed E-state index contributed by atoms with van der Waals surface area (Å²) >= 11 is 0. The number of amides is 2. The molecular weight excluding hydrogens is 204 g/mol. The molecule has 2 saturated heterocycles. The van der Waals surface area contributed by atoms with E-state index in [0.717, 1.165) is 19.4 Å². The number of nitrogens with one attached hydrogen (secondary N) is 1. The molecule has 90 valence electrons. The fraction of sp³-hybridized carbons (Fsp3) is 0.833. The van der Waals surface area contributed by atoms with Crippen LogP contribution in [0.2, 0.25) is 0 Å². The zero-order valence-corrected chi connectivity index (χ0v) is 9.87. The Morgan fingerprint density at radius 3 is 2.44 bits per heavy atom. The first-order valence-corrected chi connectivity index (χ1v) is 6.28. The topological polar surface area (TPSA) is 49.4 Å². The van der Waals surface area contributed by atoms with Crippen molar-refractivity contribution in [1.29, 1.82) is 0 Å². The lowest BCUT2D eigenvalue weighted by molar-refractivity contribution is -0.151. The summed E-state index contributed by atoms with van der Waals surface area (Å²) in [7, 11) is 0. The molecule has 1 N–H and O–H groups in total. The standard InChI is InChI=1S/C12H20N2O2/c1-9(10-5-2-3-8-13-10)14-11(15)6-4-7-12(14)16/h9-10,13H,2-8H2,1H3. The number of hydrogen-bond acceptors (Lipinski definition) is 3. The molecule has 0 bridgehead atoms. The van der Waals surface area contributed by atoms with Crippen molar-refractivity contribution in [3.8, 4) is 0 Å². The molecule has 4 nitrogen and oxygen atoms in total. The van der Waals surface area contributed by atoms with Gasteiger partial charge in [0.25, 0.3) is 0 Å². The molecule has 4 heteroatoms. The maximum atomic E-state index is 11.8. The highest BCUT2D eigenvalue weighted by Crippen LogP contribution is 2.20. The molecule has 0 aliphatic carbocycles. The lowest BCUT2D eigenvalue weighted by Crippen LogP contribution is -2.55. The number of imide groups is 1. The summed E-state index contributed by atoms with van der Waals surface area (Å²) < 4.78 is 0. The second-order valence-electron chi connectivity index (χ2n) is 4.81. The van der Waals surface area contributed by atoms with Crippen molar-refractivity contribution in [1.82, 2.24) is 10.2 Å². The van der Waals surface area contributed by atoms with Gasteiger partial charge in [-0.05, 0) is 32.7 Å². The van der Waals surface area contributed by atoms with Crippen LogP contribution in [0.25, 0.3) is 0 Å². The highest BCUT2D eigenvalue weighted by atomic mass is 16.2. The lowest BCUT2D eigenvalue weighted by Gasteiger charge is -2.37. The van der Waals surface area contributed by atoms with Crippen LogP contribution in [0.15, 0.2) is 0 Å². The average molecular weight is 224 g/mol. The van der Waals surface area contributed by atoms with E-state index in [1.165, 1.54) is 17.7 Å². The van der Waals surface area contributed by atoms with Crippen LogP contribution >= 0.6 is 0 Å². The van der Waals surface area contributed by atoms with Gasteiger partial charge in [-0.25, -0.2) is 0 Å². The highest BCUT2D eigenvalue weighted by Gasteiger charge is 2.34. The molecule has 0 aromatic carbocycles. The third kappa shape index (κ3) is 2.26. The monoisotopic (exact) mass is 224 g/mol. The number of rotatable bonds is 2. The van der Waals surface area contributed by atoms with Crippen LogP contribution in [-0.4, -0.2) is 35.3 Å². The van der Waals surface area contributed by atoms with Gasteiger partial charge in [0.2, 0.25) is 11.8 Å². The first-order valence-electron chi connectivity index (χ1n) is 6.28. The zero-order valence-electron chi connectivity index (χ0n) is 9.87. The van der Waals surface area contributed by atoms with Gasteiger partial charge in [-0.3, -0.25) is 14.5 Å². The largest absolute Gasteiger partial charge is 0.312 e. The normalized spacial score (nSPS) is 29.3. The van der Waals surface area contributed by atoms with Gasteiger partial charge in [-0.1, -0.05) is 6.42 Å². The Bertz CT molecular complexity index is 269. The van der Waals surface area contributed by atoms with Gasteiger partial charge in [0.15, 0.2) is 0 Å². The molecule has 0 aromatic rings. The van der Waals surface area contributed by atoms with Gasteiger partial charge >= 0.3 is 0 Å². The molecule has 2 atom stereocenters. The Morgan fingerprint density at radius 1 is 1.19 bits per heavy atom. The summed E-state index contributed by atoms with van der Waals surface area (Å²) in [5, 5.41) is 3.41. The van der Waals surface area contributed by atoms with E-state index < -0.39 is 0 Å². The molecule has 2 rings (SSSR count). The molecule has 2 aliphatic rings. The maximum absolute atomic E-state index is 11.8. The number of piperidine rings is 2. The number of hydrogen-bond donors (Lipinski definition) is 1. The highest BCUT2D eigenvalue weighted by molar-refractivity contribution is 5.97. The molecule has 2 amide bonds. The fourth-order valence-electron chi connectivity index (χ4n) is 2.70. The molecule has 2 heterocycles. The van der Waals surface area contributed by atoms with Crippen molar-refractivity contribution in [2.45, 2.75) is 57.5 Å². The smallest absolute Gasteiger partial charge is 0.229 e. The van der Waals surface area contributed by atoms with E-state index in [2.05, 4.69) is 5.32 Å². The Labute approximate surface area is 96.4 Å². The van der Waals surface area contributed by atoms with E-state index in [1.54, 1.807) is 0 Å². The first kappa shape index (κ1) is 11.6.